The van der Waals surface area contributed by atoms with Crippen molar-refractivity contribution in [3.8, 4) is 0 Å². The van der Waals surface area contributed by atoms with Crippen LogP contribution in [0.25, 0.3) is 16.8 Å². The lowest BCUT2D eigenvalue weighted by Gasteiger charge is -2.11. The highest BCUT2D eigenvalue weighted by Gasteiger charge is 2.21. The third kappa shape index (κ3) is 4.73. The lowest BCUT2D eigenvalue weighted by Crippen LogP contribution is -2.16. The molecule has 0 atom stereocenters. The largest absolute Gasteiger partial charge is 0.286 e. The Morgan fingerprint density at radius 3 is 1.73 bits per heavy atom. The fourth-order valence-electron chi connectivity index (χ4n) is 3.09. The van der Waals surface area contributed by atoms with Gasteiger partial charge in [0, 0.05) is 15.4 Å². The Labute approximate surface area is 183 Å². The van der Waals surface area contributed by atoms with Crippen LogP contribution < -0.4 is 0 Å². The van der Waals surface area contributed by atoms with Crippen LogP contribution in [-0.4, -0.2) is 11.6 Å². The quantitative estimate of drug-likeness (QED) is 0.258. The van der Waals surface area contributed by atoms with Crippen LogP contribution >= 0.6 is 21.6 Å². The molecule has 0 amide bonds. The number of carbonyl (C=O) groups is 2. The van der Waals surface area contributed by atoms with Gasteiger partial charge < -0.3 is 0 Å². The highest BCUT2D eigenvalue weighted by Crippen LogP contribution is 2.36. The van der Waals surface area contributed by atoms with Gasteiger partial charge in [0.25, 0.3) is 0 Å². The Morgan fingerprint density at radius 1 is 0.533 bits per heavy atom. The van der Waals surface area contributed by atoms with E-state index in [0.717, 1.165) is 16.3 Å². The number of ketones is 2. The Balaban J connectivity index is 0.000000147. The standard InChI is InChI=1S/C14H8O2.C12H10S2/c15-13-8-7-11-10-4-2-1-3-9(10)5-6-12(11)14(13)16;1-3-7-11(8-4-1)13-14-12-9-5-2-6-10-12/h1-8H;1-10H. The van der Waals surface area contributed by atoms with Crippen LogP contribution in [0.2, 0.25) is 0 Å². The van der Waals surface area contributed by atoms with Crippen molar-refractivity contribution in [3.05, 3.63) is 114 Å². The van der Waals surface area contributed by atoms with Crippen molar-refractivity contribution >= 4 is 50.0 Å². The minimum absolute atomic E-state index is 0.414. The molecular formula is C26H18O2S2. The third-order valence-corrected chi connectivity index (χ3v) is 6.98. The van der Waals surface area contributed by atoms with Gasteiger partial charge in [0.1, 0.15) is 0 Å². The van der Waals surface area contributed by atoms with E-state index in [9.17, 15) is 9.59 Å². The van der Waals surface area contributed by atoms with Crippen LogP contribution in [0.4, 0.5) is 0 Å². The maximum Gasteiger partial charge on any atom is 0.233 e. The highest BCUT2D eigenvalue weighted by molar-refractivity contribution is 8.76. The Hall–Kier alpha value is -3.08. The maximum absolute atomic E-state index is 11.7. The van der Waals surface area contributed by atoms with E-state index in [1.54, 1.807) is 33.7 Å². The zero-order valence-electron chi connectivity index (χ0n) is 16.0. The first-order chi connectivity index (χ1) is 14.7. The molecule has 30 heavy (non-hydrogen) atoms. The second-order valence-corrected chi connectivity index (χ2v) is 8.84. The smallest absolute Gasteiger partial charge is 0.233 e. The predicted octanol–water partition coefficient (Wildman–Crippen LogP) is 7.10. The van der Waals surface area contributed by atoms with Crippen molar-refractivity contribution < 1.29 is 9.59 Å². The molecule has 0 radical (unpaired) electrons. The molecule has 0 spiro atoms. The van der Waals surface area contributed by atoms with Crippen LogP contribution in [0.5, 0.6) is 0 Å². The summed E-state index contributed by atoms with van der Waals surface area (Å²) in [6.45, 7) is 0. The predicted molar refractivity (Wildman–Crippen MR) is 127 cm³/mol. The summed E-state index contributed by atoms with van der Waals surface area (Å²) in [7, 11) is 3.58. The molecule has 0 aliphatic heterocycles. The third-order valence-electron chi connectivity index (χ3n) is 4.56. The van der Waals surface area contributed by atoms with E-state index >= 15 is 0 Å². The average molecular weight is 427 g/mol. The van der Waals surface area contributed by atoms with E-state index in [4.69, 9.17) is 0 Å². The Morgan fingerprint density at radius 2 is 1.10 bits per heavy atom. The van der Waals surface area contributed by atoms with Crippen molar-refractivity contribution in [2.24, 2.45) is 0 Å². The van der Waals surface area contributed by atoms with Gasteiger partial charge in [0.05, 0.1) is 0 Å². The minimum Gasteiger partial charge on any atom is -0.286 e. The molecule has 0 N–H and O–H groups in total. The highest BCUT2D eigenvalue weighted by atomic mass is 33.1. The number of Topliss-reactive ketones (excluding diaryl/α,β-unsaturated/α-hetero) is 1. The number of benzene rings is 4. The fraction of sp³-hybridized carbons (Fsp3) is 0. The van der Waals surface area contributed by atoms with E-state index in [1.165, 1.54) is 15.9 Å². The first-order valence-electron chi connectivity index (χ1n) is 9.45. The van der Waals surface area contributed by atoms with Gasteiger partial charge in [-0.25, -0.2) is 0 Å². The normalized spacial score (nSPS) is 12.3. The summed E-state index contributed by atoms with van der Waals surface area (Å²) in [4.78, 5) is 25.5. The van der Waals surface area contributed by atoms with E-state index < -0.39 is 11.6 Å². The molecule has 146 valence electrons. The van der Waals surface area contributed by atoms with E-state index in [1.807, 2.05) is 42.5 Å². The zero-order valence-corrected chi connectivity index (χ0v) is 17.7. The van der Waals surface area contributed by atoms with Crippen LogP contribution in [0.15, 0.2) is 113 Å². The van der Waals surface area contributed by atoms with Crippen molar-refractivity contribution in [1.82, 2.24) is 0 Å². The van der Waals surface area contributed by atoms with Crippen molar-refractivity contribution in [2.45, 2.75) is 9.79 Å². The van der Waals surface area contributed by atoms with Gasteiger partial charge in [0.15, 0.2) is 0 Å². The number of hydrogen-bond donors (Lipinski definition) is 0. The molecule has 0 unspecified atom stereocenters. The molecule has 4 heteroatoms. The lowest BCUT2D eigenvalue weighted by atomic mass is 9.91. The van der Waals surface area contributed by atoms with Crippen LogP contribution in [-0.2, 0) is 4.79 Å². The fourth-order valence-corrected chi connectivity index (χ4v) is 5.06. The van der Waals surface area contributed by atoms with Gasteiger partial charge in [-0.3, -0.25) is 9.59 Å². The van der Waals surface area contributed by atoms with Crippen LogP contribution in [0.3, 0.4) is 0 Å². The topological polar surface area (TPSA) is 34.1 Å². The Kier molecular flexibility index (Phi) is 6.47. The number of hydrogen-bond acceptors (Lipinski definition) is 4. The molecule has 5 rings (SSSR count). The molecule has 1 aliphatic carbocycles. The second-order valence-electron chi connectivity index (χ2n) is 6.57. The molecule has 4 aromatic carbocycles. The molecule has 0 saturated carbocycles. The molecule has 1 aliphatic rings. The molecule has 0 bridgehead atoms. The summed E-state index contributed by atoms with van der Waals surface area (Å²) in [5.74, 6) is -0.856. The molecule has 0 saturated heterocycles. The molecule has 0 fully saturated rings. The first kappa shape index (κ1) is 20.2. The lowest BCUT2D eigenvalue weighted by molar-refractivity contribution is -0.110. The van der Waals surface area contributed by atoms with Gasteiger partial charge in [-0.05, 0) is 58.8 Å². The van der Waals surface area contributed by atoms with Gasteiger partial charge in [0.2, 0.25) is 11.6 Å². The SMILES string of the molecule is O=C1C=Cc2c(ccc3ccccc23)C1=O.c1ccc(SSc2ccccc2)cc1. The molecule has 4 aromatic rings. The second kappa shape index (κ2) is 9.61. The van der Waals surface area contributed by atoms with Gasteiger partial charge in [-0.15, -0.1) is 0 Å². The number of rotatable bonds is 3. The van der Waals surface area contributed by atoms with Crippen LogP contribution in [0.1, 0.15) is 15.9 Å². The van der Waals surface area contributed by atoms with Gasteiger partial charge in [-0.2, -0.15) is 0 Å². The number of carbonyl (C=O) groups excluding carboxylic acids is 2. The minimum atomic E-state index is -0.442. The van der Waals surface area contributed by atoms with E-state index in [-0.39, 0.29) is 0 Å². The molecular weight excluding hydrogens is 408 g/mol. The summed E-state index contributed by atoms with van der Waals surface area (Å²) >= 11 is 0. The zero-order chi connectivity index (χ0) is 20.8. The molecule has 2 nitrogen and oxygen atoms in total. The summed E-state index contributed by atoms with van der Waals surface area (Å²) in [6.07, 6.45) is 3.07. The van der Waals surface area contributed by atoms with Gasteiger partial charge in [-0.1, -0.05) is 88.3 Å². The van der Waals surface area contributed by atoms with Gasteiger partial charge >= 0.3 is 0 Å². The molecule has 0 aromatic heterocycles. The maximum atomic E-state index is 11.7. The summed E-state index contributed by atoms with van der Waals surface area (Å²) in [5, 5.41) is 2.09. The summed E-state index contributed by atoms with van der Waals surface area (Å²) in [6, 6.07) is 32.3. The summed E-state index contributed by atoms with van der Waals surface area (Å²) < 4.78 is 0. The van der Waals surface area contributed by atoms with Crippen molar-refractivity contribution in [3.63, 3.8) is 0 Å². The average Bonchev–Trinajstić information content (AvgIpc) is 2.82. The summed E-state index contributed by atoms with van der Waals surface area (Å²) in [5.41, 5.74) is 1.36. The number of fused-ring (bicyclic) bond motifs is 3. The van der Waals surface area contributed by atoms with Crippen LogP contribution in [0, 0.1) is 0 Å². The Bertz CT molecular complexity index is 1180. The number of allylic oxidation sites excluding steroid dienone is 1. The van der Waals surface area contributed by atoms with Crippen molar-refractivity contribution in [1.29, 1.82) is 0 Å². The van der Waals surface area contributed by atoms with Crippen molar-refractivity contribution in [2.75, 3.05) is 0 Å². The van der Waals surface area contributed by atoms with E-state index in [2.05, 4.69) is 48.5 Å². The monoisotopic (exact) mass is 426 g/mol. The molecule has 0 heterocycles. The first-order valence-corrected chi connectivity index (χ1v) is 11.6. The van der Waals surface area contributed by atoms with E-state index in [0.29, 0.717) is 5.56 Å².